The van der Waals surface area contributed by atoms with Crippen LogP contribution in [-0.4, -0.2) is 49.6 Å². The number of halogens is 1. The van der Waals surface area contributed by atoms with Gasteiger partial charge in [0.25, 0.3) is 11.8 Å². The van der Waals surface area contributed by atoms with Crippen molar-refractivity contribution in [3.05, 3.63) is 70.8 Å². The molecule has 0 saturated carbocycles. The van der Waals surface area contributed by atoms with Gasteiger partial charge in [-0.15, -0.1) is 0 Å². The van der Waals surface area contributed by atoms with Crippen LogP contribution in [0.15, 0.2) is 53.3 Å². The highest BCUT2D eigenvalue weighted by atomic mass is 35.5. The highest BCUT2D eigenvalue weighted by Crippen LogP contribution is 2.35. The fraction of sp³-hybridized carbons (Fsp3) is 0.261. The van der Waals surface area contributed by atoms with Crippen LogP contribution in [-0.2, 0) is 0 Å². The third kappa shape index (κ3) is 3.95. The van der Waals surface area contributed by atoms with E-state index in [0.717, 1.165) is 24.0 Å². The van der Waals surface area contributed by atoms with E-state index in [0.29, 0.717) is 40.3 Å². The first-order valence-corrected chi connectivity index (χ1v) is 10.9. The van der Waals surface area contributed by atoms with Crippen LogP contribution in [0.2, 0.25) is 5.02 Å². The fourth-order valence-corrected chi connectivity index (χ4v) is 4.24. The molecule has 10 heteroatoms. The Hall–Kier alpha value is -3.72. The monoisotopic (exact) mass is 464 g/mol. The summed E-state index contributed by atoms with van der Waals surface area (Å²) in [6.07, 6.45) is 4.68. The van der Waals surface area contributed by atoms with Crippen molar-refractivity contribution in [2.45, 2.75) is 25.8 Å². The van der Waals surface area contributed by atoms with Crippen molar-refractivity contribution < 1.29 is 14.1 Å². The minimum Gasteiger partial charge on any atom is -0.497 e. The van der Waals surface area contributed by atoms with E-state index in [9.17, 15) is 4.79 Å². The molecular weight excluding hydrogens is 444 g/mol. The first kappa shape index (κ1) is 21.1. The van der Waals surface area contributed by atoms with E-state index in [4.69, 9.17) is 20.9 Å². The molecule has 1 amide bonds. The Morgan fingerprint density at radius 2 is 2.00 bits per heavy atom. The molecule has 0 bridgehead atoms. The molecule has 2 aromatic heterocycles. The van der Waals surface area contributed by atoms with Crippen LogP contribution >= 0.6 is 11.6 Å². The summed E-state index contributed by atoms with van der Waals surface area (Å²) in [6, 6.07) is 10.5. The summed E-state index contributed by atoms with van der Waals surface area (Å²) in [7, 11) is 1.61. The summed E-state index contributed by atoms with van der Waals surface area (Å²) in [5.74, 6) is 1.38. The van der Waals surface area contributed by atoms with Gasteiger partial charge in [0.05, 0.1) is 36.8 Å². The van der Waals surface area contributed by atoms with Gasteiger partial charge in [0.2, 0.25) is 0 Å². The fourth-order valence-electron chi connectivity index (χ4n) is 4.07. The van der Waals surface area contributed by atoms with Gasteiger partial charge >= 0.3 is 0 Å². The topological polar surface area (TPSA) is 99.2 Å². The molecule has 0 spiro atoms. The number of carbonyl (C=O) groups is 1. The van der Waals surface area contributed by atoms with Crippen LogP contribution < -0.4 is 4.74 Å². The van der Waals surface area contributed by atoms with Crippen LogP contribution in [0.25, 0.3) is 17.1 Å². The van der Waals surface area contributed by atoms with E-state index in [-0.39, 0.29) is 11.9 Å². The van der Waals surface area contributed by atoms with Crippen LogP contribution in [0.1, 0.15) is 40.6 Å². The molecule has 5 rings (SSSR count). The van der Waals surface area contributed by atoms with E-state index in [2.05, 4.69) is 20.3 Å². The third-order valence-corrected chi connectivity index (χ3v) is 5.99. The summed E-state index contributed by atoms with van der Waals surface area (Å²) in [6.45, 7) is 2.54. The molecule has 1 saturated heterocycles. The van der Waals surface area contributed by atoms with Gasteiger partial charge in [0.1, 0.15) is 5.75 Å². The minimum absolute atomic E-state index is 0.184. The van der Waals surface area contributed by atoms with E-state index >= 15 is 0 Å². The van der Waals surface area contributed by atoms with Gasteiger partial charge in [-0.2, -0.15) is 20.0 Å². The lowest BCUT2D eigenvalue weighted by Crippen LogP contribution is -2.32. The average molecular weight is 465 g/mol. The van der Waals surface area contributed by atoms with Gasteiger partial charge in [0.15, 0.2) is 5.82 Å². The number of aryl methyl sites for hydroxylation is 1. The van der Waals surface area contributed by atoms with Crippen LogP contribution in [0.5, 0.6) is 5.75 Å². The van der Waals surface area contributed by atoms with E-state index < -0.39 is 0 Å². The molecule has 4 aromatic rings. The smallest absolute Gasteiger partial charge is 0.258 e. The van der Waals surface area contributed by atoms with E-state index in [1.165, 1.54) is 4.80 Å². The molecule has 1 unspecified atom stereocenters. The maximum atomic E-state index is 13.6. The van der Waals surface area contributed by atoms with Crippen LogP contribution in [0.3, 0.4) is 0 Å². The summed E-state index contributed by atoms with van der Waals surface area (Å²) in [5, 5.41) is 13.0. The Labute approximate surface area is 194 Å². The number of likely N-dealkylation sites (tertiary alicyclic amines) is 1. The highest BCUT2D eigenvalue weighted by molar-refractivity contribution is 6.31. The first-order chi connectivity index (χ1) is 16.0. The van der Waals surface area contributed by atoms with Gasteiger partial charge in [0, 0.05) is 17.1 Å². The molecule has 1 fully saturated rings. The number of nitrogens with zero attached hydrogens (tertiary/aromatic N) is 6. The SMILES string of the molecule is COc1ccc(C)c(-c2nc(C3CCCN3C(=O)c3cc(Cl)ccc3-n3nccn3)no2)c1. The molecule has 2 aromatic carbocycles. The molecule has 1 atom stereocenters. The molecule has 1 aliphatic heterocycles. The lowest BCUT2D eigenvalue weighted by molar-refractivity contribution is 0.0728. The minimum atomic E-state index is -0.307. The third-order valence-electron chi connectivity index (χ3n) is 5.75. The molecule has 9 nitrogen and oxygen atoms in total. The molecule has 0 aliphatic carbocycles. The number of hydrogen-bond donors (Lipinski definition) is 0. The summed E-state index contributed by atoms with van der Waals surface area (Å²) in [4.78, 5) is 21.4. The van der Waals surface area contributed by atoms with E-state index in [1.54, 1.807) is 42.6 Å². The number of methoxy groups -OCH3 is 1. The number of aromatic nitrogens is 5. The van der Waals surface area contributed by atoms with Crippen molar-refractivity contribution in [1.29, 1.82) is 0 Å². The maximum absolute atomic E-state index is 13.6. The van der Waals surface area contributed by atoms with Gasteiger partial charge in [-0.25, -0.2) is 0 Å². The van der Waals surface area contributed by atoms with Gasteiger partial charge in [-0.1, -0.05) is 22.8 Å². The van der Waals surface area contributed by atoms with Crippen molar-refractivity contribution in [3.63, 3.8) is 0 Å². The largest absolute Gasteiger partial charge is 0.497 e. The molecule has 33 heavy (non-hydrogen) atoms. The second-order valence-corrected chi connectivity index (χ2v) is 8.21. The molecule has 3 heterocycles. The Kier molecular flexibility index (Phi) is 5.55. The van der Waals surface area contributed by atoms with Crippen molar-refractivity contribution in [2.24, 2.45) is 0 Å². The van der Waals surface area contributed by atoms with Crippen molar-refractivity contribution >= 4 is 17.5 Å². The van der Waals surface area contributed by atoms with Gasteiger partial charge in [-0.05, 0) is 55.7 Å². The number of carbonyl (C=O) groups excluding carboxylic acids is 1. The molecule has 0 N–H and O–H groups in total. The predicted octanol–water partition coefficient (Wildman–Crippen LogP) is 4.27. The lowest BCUT2D eigenvalue weighted by Gasteiger charge is -2.23. The first-order valence-electron chi connectivity index (χ1n) is 10.5. The Morgan fingerprint density at radius 1 is 1.18 bits per heavy atom. The van der Waals surface area contributed by atoms with Crippen molar-refractivity contribution in [3.8, 4) is 22.9 Å². The second kappa shape index (κ2) is 8.67. The van der Waals surface area contributed by atoms with Crippen LogP contribution in [0, 0.1) is 6.92 Å². The number of ether oxygens (including phenoxy) is 1. The second-order valence-electron chi connectivity index (χ2n) is 7.78. The number of hydrogen-bond acceptors (Lipinski definition) is 7. The zero-order valence-corrected chi connectivity index (χ0v) is 18.9. The van der Waals surface area contributed by atoms with Crippen LogP contribution in [0.4, 0.5) is 0 Å². The molecule has 0 radical (unpaired) electrons. The Morgan fingerprint density at radius 3 is 2.79 bits per heavy atom. The predicted molar refractivity (Wildman–Crippen MR) is 120 cm³/mol. The molecule has 168 valence electrons. The molecule has 1 aliphatic rings. The van der Waals surface area contributed by atoms with Crippen molar-refractivity contribution in [1.82, 2.24) is 30.0 Å². The summed E-state index contributed by atoms with van der Waals surface area (Å²) in [5.41, 5.74) is 2.75. The van der Waals surface area contributed by atoms with Gasteiger partial charge in [-0.3, -0.25) is 4.79 Å². The standard InChI is InChI=1S/C23H21ClN6O3/c1-14-5-7-16(32-2)13-17(14)22-27-21(28-33-22)20-4-3-11-29(20)23(31)18-12-15(24)6-8-19(18)30-25-9-10-26-30/h5-10,12-13,20H,3-4,11H2,1-2H3. The summed E-state index contributed by atoms with van der Waals surface area (Å²) < 4.78 is 10.9. The molecular formula is C23H21ClN6O3. The average Bonchev–Trinajstić information content (AvgIpc) is 3.60. The number of benzene rings is 2. The Balaban J connectivity index is 1.47. The van der Waals surface area contributed by atoms with E-state index in [1.807, 2.05) is 25.1 Å². The summed E-state index contributed by atoms with van der Waals surface area (Å²) >= 11 is 6.22. The highest BCUT2D eigenvalue weighted by Gasteiger charge is 2.35. The number of rotatable bonds is 5. The quantitative estimate of drug-likeness (QED) is 0.435. The Bertz CT molecular complexity index is 1300. The number of amides is 1. The van der Waals surface area contributed by atoms with Gasteiger partial charge < -0.3 is 14.2 Å². The zero-order valence-electron chi connectivity index (χ0n) is 18.1. The maximum Gasteiger partial charge on any atom is 0.258 e. The normalized spacial score (nSPS) is 15.7. The van der Waals surface area contributed by atoms with Crippen molar-refractivity contribution in [2.75, 3.05) is 13.7 Å². The zero-order chi connectivity index (χ0) is 22.9. The lowest BCUT2D eigenvalue weighted by atomic mass is 10.1.